The number of nitrogens with two attached hydrogens (primary N) is 1. The van der Waals surface area contributed by atoms with Crippen LogP contribution in [-0.2, 0) is 24.3 Å². The number of carbonyl (C=O) groups excluding carboxylic acids is 3. The van der Waals surface area contributed by atoms with Gasteiger partial charge in [0.1, 0.15) is 17.5 Å². The first-order valence-electron chi connectivity index (χ1n) is 17.7. The van der Waals surface area contributed by atoms with Crippen LogP contribution in [0.25, 0.3) is 17.2 Å². The highest BCUT2D eigenvalue weighted by atomic mass is 32.2. The standard InChI is InChI=1S/C37H50N6O7S/c1-5-16-42(17-8-15-39-35(45)49-30-10-7-11-30)34(44)29-18-28-14-13-27(20-32(28)41-33(38)21-29)26-9-6-12-31(19-26)51(47,48)43-23-25(24-43)22-40-36(46)50-37(2,3)4/h6,9,12-14,18-20,25,30H,5,7-8,10-11,15-17,21-24H2,1-4H3,(H2,38,41)(H,39,45)(H,40,46). The largest absolute Gasteiger partial charge is 0.446 e. The van der Waals surface area contributed by atoms with Crippen LogP contribution in [0, 0.1) is 5.92 Å². The maximum absolute atomic E-state index is 13.7. The van der Waals surface area contributed by atoms with E-state index in [0.717, 1.165) is 36.8 Å². The van der Waals surface area contributed by atoms with Gasteiger partial charge in [-0.1, -0.05) is 31.2 Å². The summed E-state index contributed by atoms with van der Waals surface area (Å²) in [6, 6.07) is 12.3. The highest BCUT2D eigenvalue weighted by Crippen LogP contribution is 2.34. The van der Waals surface area contributed by atoms with E-state index in [1.165, 1.54) is 4.31 Å². The summed E-state index contributed by atoms with van der Waals surface area (Å²) in [6.45, 7) is 9.72. The van der Waals surface area contributed by atoms with Crippen LogP contribution in [-0.4, -0.2) is 92.5 Å². The van der Waals surface area contributed by atoms with Crippen LogP contribution in [0.4, 0.5) is 15.3 Å². The number of ether oxygens (including phenoxy) is 2. The first-order chi connectivity index (χ1) is 24.2. The van der Waals surface area contributed by atoms with Crippen molar-refractivity contribution < 1.29 is 32.3 Å². The highest BCUT2D eigenvalue weighted by molar-refractivity contribution is 7.89. The molecule has 3 amide bonds. The van der Waals surface area contributed by atoms with Gasteiger partial charge in [-0.25, -0.2) is 23.0 Å². The number of alkyl carbamates (subject to hydrolysis) is 2. The first kappa shape index (κ1) is 37.8. The summed E-state index contributed by atoms with van der Waals surface area (Å²) < 4.78 is 38.9. The maximum atomic E-state index is 13.7. The van der Waals surface area contributed by atoms with E-state index >= 15 is 0 Å². The Morgan fingerprint density at radius 2 is 1.76 bits per heavy atom. The topological polar surface area (TPSA) is 173 Å². The Kier molecular flexibility index (Phi) is 12.1. The smallest absolute Gasteiger partial charge is 0.407 e. The second-order valence-electron chi connectivity index (χ2n) is 14.4. The third-order valence-electron chi connectivity index (χ3n) is 8.91. The number of amidine groups is 1. The summed E-state index contributed by atoms with van der Waals surface area (Å²) in [5.74, 6) is 0.161. The molecule has 0 unspecified atom stereocenters. The average Bonchev–Trinajstić information content (AvgIpc) is 3.19. The van der Waals surface area contributed by atoms with Crippen molar-refractivity contribution in [3.63, 3.8) is 0 Å². The fourth-order valence-corrected chi connectivity index (χ4v) is 7.65. The molecule has 2 heterocycles. The maximum Gasteiger partial charge on any atom is 0.407 e. The molecule has 3 aliphatic rings. The molecule has 0 radical (unpaired) electrons. The summed E-state index contributed by atoms with van der Waals surface area (Å²) >= 11 is 0. The Bertz CT molecular complexity index is 1780. The number of sulfonamides is 1. The van der Waals surface area contributed by atoms with Gasteiger partial charge in [0.05, 0.1) is 10.6 Å². The van der Waals surface area contributed by atoms with Crippen LogP contribution in [0.1, 0.15) is 71.8 Å². The number of nitrogens with one attached hydrogen (secondary N) is 2. The van der Waals surface area contributed by atoms with Gasteiger partial charge in [-0.05, 0) is 88.3 Å². The second-order valence-corrected chi connectivity index (χ2v) is 16.3. The molecule has 276 valence electrons. The minimum absolute atomic E-state index is 0.00803. The van der Waals surface area contributed by atoms with Crippen LogP contribution in [0.5, 0.6) is 0 Å². The molecule has 2 fully saturated rings. The monoisotopic (exact) mass is 722 g/mol. The van der Waals surface area contributed by atoms with Crippen LogP contribution < -0.4 is 16.4 Å². The molecule has 0 spiro atoms. The fraction of sp³-hybridized carbons (Fsp3) is 0.514. The van der Waals surface area contributed by atoms with Crippen molar-refractivity contribution in [2.45, 2.75) is 82.8 Å². The average molecular weight is 723 g/mol. The van der Waals surface area contributed by atoms with Crippen molar-refractivity contribution in [2.75, 3.05) is 39.3 Å². The van der Waals surface area contributed by atoms with Crippen molar-refractivity contribution >= 4 is 45.7 Å². The van der Waals surface area contributed by atoms with E-state index in [4.69, 9.17) is 15.2 Å². The summed E-state index contributed by atoms with van der Waals surface area (Å²) in [5, 5.41) is 5.49. The van der Waals surface area contributed by atoms with E-state index < -0.39 is 27.8 Å². The van der Waals surface area contributed by atoms with Crippen LogP contribution in [0.15, 0.2) is 57.9 Å². The first-order valence-corrected chi connectivity index (χ1v) is 19.1. The third kappa shape index (κ3) is 10.1. The van der Waals surface area contributed by atoms with Crippen molar-refractivity contribution in [1.82, 2.24) is 19.8 Å². The Balaban J connectivity index is 1.22. The zero-order valence-corrected chi connectivity index (χ0v) is 30.8. The number of hydrogen-bond acceptors (Lipinski definition) is 9. The van der Waals surface area contributed by atoms with Crippen molar-refractivity contribution in [3.8, 4) is 11.1 Å². The van der Waals surface area contributed by atoms with Gasteiger partial charge < -0.3 is 30.7 Å². The minimum atomic E-state index is -3.75. The molecule has 0 atom stereocenters. The Labute approximate surface area is 300 Å². The molecule has 5 rings (SSSR count). The summed E-state index contributed by atoms with van der Waals surface area (Å²) in [7, 11) is -3.75. The van der Waals surface area contributed by atoms with Gasteiger partial charge in [-0.2, -0.15) is 4.31 Å². The normalized spacial score (nSPS) is 16.7. The van der Waals surface area contributed by atoms with E-state index in [9.17, 15) is 22.8 Å². The minimum Gasteiger partial charge on any atom is -0.446 e. The van der Waals surface area contributed by atoms with Crippen molar-refractivity contribution in [3.05, 3.63) is 53.6 Å². The summed E-state index contributed by atoms with van der Waals surface area (Å²) in [6.07, 6.45) is 5.36. The molecule has 2 aromatic carbocycles. The van der Waals surface area contributed by atoms with E-state index in [0.29, 0.717) is 68.3 Å². The molecule has 13 nitrogen and oxygen atoms in total. The Morgan fingerprint density at radius 1 is 1.02 bits per heavy atom. The molecule has 1 saturated heterocycles. The number of amides is 3. The summed E-state index contributed by atoms with van der Waals surface area (Å²) in [4.78, 5) is 44.2. The third-order valence-corrected chi connectivity index (χ3v) is 10.7. The SMILES string of the molecule is CCCN(CCCNC(=O)OC1CCC1)C(=O)C1=Cc2ccc(-c3cccc(S(=O)(=O)N4CC(CNC(=O)OC(C)(C)C)C4)c3)cc2N=C(N)C1. The van der Waals surface area contributed by atoms with E-state index in [-0.39, 0.29) is 29.2 Å². The molecular formula is C37H50N6O7S. The van der Waals surface area contributed by atoms with Gasteiger partial charge in [0.2, 0.25) is 15.9 Å². The molecule has 2 aromatic rings. The lowest BCUT2D eigenvalue weighted by atomic mass is 9.96. The van der Waals surface area contributed by atoms with Gasteiger partial charge in [0.25, 0.3) is 0 Å². The van der Waals surface area contributed by atoms with Crippen molar-refractivity contribution in [1.29, 1.82) is 0 Å². The van der Waals surface area contributed by atoms with Gasteiger partial charge in [-0.3, -0.25) is 4.79 Å². The molecule has 51 heavy (non-hydrogen) atoms. The molecule has 0 aromatic heterocycles. The Hall–Kier alpha value is -4.43. The molecule has 14 heteroatoms. The quantitative estimate of drug-likeness (QED) is 0.237. The number of hydrogen-bond donors (Lipinski definition) is 3. The van der Waals surface area contributed by atoms with Gasteiger partial charge >= 0.3 is 12.2 Å². The van der Waals surface area contributed by atoms with Gasteiger partial charge in [0, 0.05) is 62.7 Å². The number of fused-ring (bicyclic) bond motifs is 1. The predicted octanol–water partition coefficient (Wildman–Crippen LogP) is 5.18. The lowest BCUT2D eigenvalue weighted by Crippen LogP contribution is -2.53. The highest BCUT2D eigenvalue weighted by Gasteiger charge is 2.37. The number of carbonyl (C=O) groups is 3. The van der Waals surface area contributed by atoms with E-state index in [1.54, 1.807) is 43.9 Å². The zero-order chi connectivity index (χ0) is 36.8. The molecular weight excluding hydrogens is 673 g/mol. The van der Waals surface area contributed by atoms with Crippen LogP contribution in [0.2, 0.25) is 0 Å². The zero-order valence-electron chi connectivity index (χ0n) is 29.9. The number of benzene rings is 2. The lowest BCUT2D eigenvalue weighted by Gasteiger charge is -2.38. The van der Waals surface area contributed by atoms with Gasteiger partial charge in [0.15, 0.2) is 0 Å². The predicted molar refractivity (Wildman–Crippen MR) is 196 cm³/mol. The van der Waals surface area contributed by atoms with Crippen LogP contribution >= 0.6 is 0 Å². The lowest BCUT2D eigenvalue weighted by molar-refractivity contribution is -0.127. The molecule has 2 aliphatic heterocycles. The molecule has 1 saturated carbocycles. The van der Waals surface area contributed by atoms with Crippen molar-refractivity contribution in [2.24, 2.45) is 16.6 Å². The number of aliphatic imine (C=N–C) groups is 1. The van der Waals surface area contributed by atoms with E-state index in [1.807, 2.05) is 37.3 Å². The molecule has 4 N–H and O–H groups in total. The van der Waals surface area contributed by atoms with E-state index in [2.05, 4.69) is 15.6 Å². The van der Waals surface area contributed by atoms with Crippen LogP contribution in [0.3, 0.4) is 0 Å². The Morgan fingerprint density at radius 3 is 2.45 bits per heavy atom. The number of rotatable bonds is 13. The van der Waals surface area contributed by atoms with Gasteiger partial charge in [-0.15, -0.1) is 0 Å². The molecule has 0 bridgehead atoms. The summed E-state index contributed by atoms with van der Waals surface area (Å²) in [5.41, 5.74) is 9.00. The number of nitrogens with zero attached hydrogens (tertiary/aromatic N) is 3. The fourth-order valence-electron chi connectivity index (χ4n) is 6.01. The molecule has 1 aliphatic carbocycles. The second kappa shape index (κ2) is 16.3.